The van der Waals surface area contributed by atoms with Crippen LogP contribution in [0.4, 0.5) is 4.79 Å². The van der Waals surface area contributed by atoms with Crippen LogP contribution in [0.3, 0.4) is 0 Å². The Morgan fingerprint density at radius 2 is 1.78 bits per heavy atom. The molecule has 2 aromatic carbocycles. The van der Waals surface area contributed by atoms with E-state index in [-0.39, 0.29) is 24.7 Å². The van der Waals surface area contributed by atoms with E-state index in [9.17, 15) is 4.79 Å². The summed E-state index contributed by atoms with van der Waals surface area (Å²) in [5.74, 6) is 0.0837. The van der Waals surface area contributed by atoms with Crippen LogP contribution in [0.25, 0.3) is 11.1 Å². The number of aliphatic hydroxyl groups excluding tert-OH is 1. The quantitative estimate of drug-likeness (QED) is 0.854. The monoisotopic (exact) mass is 366 g/mol. The highest BCUT2D eigenvalue weighted by Crippen LogP contribution is 2.44. The zero-order chi connectivity index (χ0) is 18.6. The Bertz CT molecular complexity index is 760. The Morgan fingerprint density at radius 3 is 2.44 bits per heavy atom. The van der Waals surface area contributed by atoms with Crippen molar-refractivity contribution in [2.24, 2.45) is 0 Å². The Morgan fingerprint density at radius 1 is 1.11 bits per heavy atom. The van der Waals surface area contributed by atoms with E-state index in [1.165, 1.54) is 22.3 Å². The van der Waals surface area contributed by atoms with Crippen LogP contribution < -0.4 is 5.32 Å². The molecule has 1 saturated heterocycles. The van der Waals surface area contributed by atoms with Crippen molar-refractivity contribution in [2.45, 2.75) is 24.8 Å². The van der Waals surface area contributed by atoms with Crippen LogP contribution in [0.5, 0.6) is 0 Å². The van der Waals surface area contributed by atoms with Gasteiger partial charge in [-0.25, -0.2) is 4.79 Å². The molecular weight excluding hydrogens is 340 g/mol. The first-order chi connectivity index (χ1) is 13.3. The lowest BCUT2D eigenvalue weighted by Gasteiger charge is -2.32. The molecule has 1 fully saturated rings. The molecule has 2 aromatic rings. The molecule has 2 N–H and O–H groups in total. The molecule has 4 rings (SSSR count). The van der Waals surface area contributed by atoms with Gasteiger partial charge < -0.3 is 15.2 Å². The number of ether oxygens (including phenoxy) is 1. The summed E-state index contributed by atoms with van der Waals surface area (Å²) in [4.78, 5) is 14.5. The van der Waals surface area contributed by atoms with Crippen molar-refractivity contribution in [3.8, 4) is 11.1 Å². The van der Waals surface area contributed by atoms with Gasteiger partial charge in [-0.2, -0.15) is 0 Å². The highest BCUT2D eigenvalue weighted by atomic mass is 16.5. The molecule has 0 radical (unpaired) electrons. The van der Waals surface area contributed by atoms with Crippen molar-refractivity contribution in [2.75, 3.05) is 32.8 Å². The fourth-order valence-electron chi connectivity index (χ4n) is 4.32. The second-order valence-electron chi connectivity index (χ2n) is 7.33. The number of nitrogens with one attached hydrogen (secondary N) is 1. The predicted molar refractivity (Wildman–Crippen MR) is 105 cm³/mol. The predicted octanol–water partition coefficient (Wildman–Crippen LogP) is 2.98. The fraction of sp³-hybridized carbons (Fsp3) is 0.409. The van der Waals surface area contributed by atoms with Crippen molar-refractivity contribution < 1.29 is 14.6 Å². The maximum absolute atomic E-state index is 12.4. The maximum Gasteiger partial charge on any atom is 0.407 e. The minimum absolute atomic E-state index is 0.0837. The number of hydrogen-bond acceptors (Lipinski definition) is 4. The standard InChI is InChI=1S/C22H26N2O3/c25-13-12-24-11-5-6-16(14-24)23-22(26)27-15-21-19-9-3-1-7-17(19)18-8-2-4-10-20(18)21/h1-4,7-10,16,21,25H,5-6,11-15H2,(H,23,26). The normalized spacial score (nSPS) is 19.4. The number of benzene rings is 2. The van der Waals surface area contributed by atoms with E-state index >= 15 is 0 Å². The van der Waals surface area contributed by atoms with Crippen molar-refractivity contribution in [3.05, 3.63) is 59.7 Å². The van der Waals surface area contributed by atoms with Crippen LogP contribution in [0, 0.1) is 0 Å². The summed E-state index contributed by atoms with van der Waals surface area (Å²) in [6.45, 7) is 2.89. The molecule has 5 nitrogen and oxygen atoms in total. The number of nitrogens with zero attached hydrogens (tertiary/aromatic N) is 1. The van der Waals surface area contributed by atoms with Crippen LogP contribution in [0.1, 0.15) is 29.9 Å². The molecule has 0 saturated carbocycles. The second kappa shape index (κ2) is 8.11. The molecule has 1 aliphatic carbocycles. The topological polar surface area (TPSA) is 61.8 Å². The molecule has 2 aliphatic rings. The van der Waals surface area contributed by atoms with E-state index in [0.29, 0.717) is 13.2 Å². The summed E-state index contributed by atoms with van der Waals surface area (Å²) in [5, 5.41) is 12.1. The third kappa shape index (κ3) is 3.84. The van der Waals surface area contributed by atoms with Gasteiger partial charge in [0.15, 0.2) is 0 Å². The second-order valence-corrected chi connectivity index (χ2v) is 7.33. The molecule has 1 aliphatic heterocycles. The van der Waals surface area contributed by atoms with Crippen molar-refractivity contribution in [3.63, 3.8) is 0 Å². The van der Waals surface area contributed by atoms with Gasteiger partial charge in [-0.05, 0) is 41.6 Å². The summed E-state index contributed by atoms with van der Waals surface area (Å²) in [5.41, 5.74) is 4.90. The smallest absolute Gasteiger partial charge is 0.407 e. The molecule has 142 valence electrons. The summed E-state index contributed by atoms with van der Waals surface area (Å²) in [7, 11) is 0. The summed E-state index contributed by atoms with van der Waals surface area (Å²) in [6, 6.07) is 16.8. The van der Waals surface area contributed by atoms with Gasteiger partial charge in [-0.15, -0.1) is 0 Å². The van der Waals surface area contributed by atoms with Crippen LogP contribution in [-0.4, -0.2) is 55.0 Å². The Kier molecular flexibility index (Phi) is 5.41. The Labute approximate surface area is 160 Å². The summed E-state index contributed by atoms with van der Waals surface area (Å²) < 4.78 is 5.62. The summed E-state index contributed by atoms with van der Waals surface area (Å²) in [6.07, 6.45) is 1.62. The third-order valence-electron chi connectivity index (χ3n) is 5.59. The number of alkyl carbamates (subject to hydrolysis) is 1. The van der Waals surface area contributed by atoms with Gasteiger partial charge in [-0.3, -0.25) is 4.90 Å². The van der Waals surface area contributed by atoms with Gasteiger partial charge in [0.05, 0.1) is 6.61 Å². The van der Waals surface area contributed by atoms with E-state index in [4.69, 9.17) is 9.84 Å². The lowest BCUT2D eigenvalue weighted by Crippen LogP contribution is -2.48. The number of rotatable bonds is 5. The number of carbonyl (C=O) groups is 1. The number of carbonyl (C=O) groups excluding carboxylic acids is 1. The minimum Gasteiger partial charge on any atom is -0.449 e. The van der Waals surface area contributed by atoms with Gasteiger partial charge in [0.1, 0.15) is 6.61 Å². The van der Waals surface area contributed by atoms with Gasteiger partial charge in [0.25, 0.3) is 0 Å². The highest BCUT2D eigenvalue weighted by Gasteiger charge is 2.29. The molecule has 5 heteroatoms. The first kappa shape index (κ1) is 18.0. The van der Waals surface area contributed by atoms with E-state index in [0.717, 1.165) is 25.9 Å². The lowest BCUT2D eigenvalue weighted by molar-refractivity contribution is 0.121. The van der Waals surface area contributed by atoms with Gasteiger partial charge >= 0.3 is 6.09 Å². The maximum atomic E-state index is 12.4. The molecular formula is C22H26N2O3. The van der Waals surface area contributed by atoms with E-state index in [1.807, 2.05) is 24.3 Å². The number of fused-ring (bicyclic) bond motifs is 3. The largest absolute Gasteiger partial charge is 0.449 e. The molecule has 0 aromatic heterocycles. The SMILES string of the molecule is O=C(NC1CCCN(CCO)C1)OCC1c2ccccc2-c2ccccc21. The van der Waals surface area contributed by atoms with E-state index in [1.54, 1.807) is 0 Å². The van der Waals surface area contributed by atoms with Crippen molar-refractivity contribution in [1.29, 1.82) is 0 Å². The molecule has 0 spiro atoms. The zero-order valence-corrected chi connectivity index (χ0v) is 15.4. The molecule has 1 unspecified atom stereocenters. The number of piperidine rings is 1. The van der Waals surface area contributed by atoms with Gasteiger partial charge in [-0.1, -0.05) is 48.5 Å². The number of aliphatic hydroxyl groups is 1. The van der Waals surface area contributed by atoms with Crippen molar-refractivity contribution >= 4 is 6.09 Å². The van der Waals surface area contributed by atoms with Crippen LogP contribution >= 0.6 is 0 Å². The molecule has 1 atom stereocenters. The minimum atomic E-state index is -0.354. The highest BCUT2D eigenvalue weighted by molar-refractivity contribution is 5.79. The molecule has 0 bridgehead atoms. The Balaban J connectivity index is 1.38. The van der Waals surface area contributed by atoms with E-state index < -0.39 is 0 Å². The average Bonchev–Trinajstić information content (AvgIpc) is 3.01. The van der Waals surface area contributed by atoms with Gasteiger partial charge in [0.2, 0.25) is 0 Å². The molecule has 27 heavy (non-hydrogen) atoms. The first-order valence-electron chi connectivity index (χ1n) is 9.71. The van der Waals surface area contributed by atoms with Crippen LogP contribution in [-0.2, 0) is 4.74 Å². The third-order valence-corrected chi connectivity index (χ3v) is 5.59. The van der Waals surface area contributed by atoms with Gasteiger partial charge in [0, 0.05) is 25.0 Å². The number of hydrogen-bond donors (Lipinski definition) is 2. The Hall–Kier alpha value is -2.37. The average molecular weight is 366 g/mol. The number of amides is 1. The zero-order valence-electron chi connectivity index (χ0n) is 15.4. The number of likely N-dealkylation sites (tertiary alicyclic amines) is 1. The van der Waals surface area contributed by atoms with E-state index in [2.05, 4.69) is 34.5 Å². The first-order valence-corrected chi connectivity index (χ1v) is 9.71. The van der Waals surface area contributed by atoms with Crippen molar-refractivity contribution in [1.82, 2.24) is 10.2 Å². The number of β-amino-alcohol motifs (C(OH)–C–C–N with tert-alkyl or cyclic N) is 1. The van der Waals surface area contributed by atoms with Crippen LogP contribution in [0.15, 0.2) is 48.5 Å². The van der Waals surface area contributed by atoms with Crippen LogP contribution in [0.2, 0.25) is 0 Å². The molecule has 1 heterocycles. The summed E-state index contributed by atoms with van der Waals surface area (Å²) >= 11 is 0. The fourth-order valence-corrected chi connectivity index (χ4v) is 4.32. The molecule has 1 amide bonds. The lowest BCUT2D eigenvalue weighted by atomic mass is 9.98.